The smallest absolute Gasteiger partial charge is 0.243 e. The Morgan fingerprint density at radius 1 is 1.21 bits per heavy atom. The predicted octanol–water partition coefficient (Wildman–Crippen LogP) is 3.87. The highest BCUT2D eigenvalue weighted by atomic mass is 32.2. The van der Waals surface area contributed by atoms with Gasteiger partial charge in [-0.3, -0.25) is 0 Å². The van der Waals surface area contributed by atoms with E-state index >= 15 is 0 Å². The highest BCUT2D eigenvalue weighted by molar-refractivity contribution is 7.89. The largest absolute Gasteiger partial charge is 0.381 e. The summed E-state index contributed by atoms with van der Waals surface area (Å²) < 4.78 is 58.1. The van der Waals surface area contributed by atoms with Gasteiger partial charge in [0.1, 0.15) is 16.5 Å². The van der Waals surface area contributed by atoms with Crippen molar-refractivity contribution >= 4 is 10.0 Å². The topological polar surface area (TPSA) is 55.4 Å². The van der Waals surface area contributed by atoms with Crippen LogP contribution in [0.2, 0.25) is 0 Å². The molecule has 24 heavy (non-hydrogen) atoms. The Kier molecular flexibility index (Phi) is 9.39. The van der Waals surface area contributed by atoms with E-state index in [1.54, 1.807) is 0 Å². The van der Waals surface area contributed by atoms with Crippen molar-refractivity contribution in [3.05, 3.63) is 29.8 Å². The van der Waals surface area contributed by atoms with Crippen LogP contribution in [0, 0.1) is 17.6 Å². The lowest BCUT2D eigenvalue weighted by atomic mass is 10.0. The first kappa shape index (κ1) is 21.0. The van der Waals surface area contributed by atoms with E-state index in [1.165, 1.54) is 6.42 Å². The molecule has 1 aromatic rings. The molecule has 1 aromatic carbocycles. The molecule has 0 aliphatic carbocycles. The lowest BCUT2D eigenvalue weighted by molar-refractivity contribution is 0.0928. The Labute approximate surface area is 143 Å². The van der Waals surface area contributed by atoms with E-state index in [0.29, 0.717) is 31.6 Å². The van der Waals surface area contributed by atoms with Gasteiger partial charge in [0, 0.05) is 25.8 Å². The van der Waals surface area contributed by atoms with E-state index in [1.807, 2.05) is 0 Å². The van der Waals surface area contributed by atoms with Crippen LogP contribution in [0.25, 0.3) is 0 Å². The summed E-state index contributed by atoms with van der Waals surface area (Å²) in [4.78, 5) is -0.546. The number of unbranched alkanes of at least 4 members (excludes halogenated alkanes) is 1. The number of nitrogens with one attached hydrogen (secondary N) is 1. The fourth-order valence-corrected chi connectivity index (χ4v) is 3.43. The molecule has 0 aliphatic heterocycles. The van der Waals surface area contributed by atoms with Crippen LogP contribution in [0.5, 0.6) is 0 Å². The molecule has 0 saturated heterocycles. The molecule has 4 nitrogen and oxygen atoms in total. The highest BCUT2D eigenvalue weighted by Gasteiger charge is 2.18. The van der Waals surface area contributed by atoms with Crippen LogP contribution < -0.4 is 4.72 Å². The summed E-state index contributed by atoms with van der Waals surface area (Å²) in [5.74, 6) is -1.37. The summed E-state index contributed by atoms with van der Waals surface area (Å²) in [6.45, 7) is 5.55. The molecule has 1 rings (SSSR count). The van der Waals surface area contributed by atoms with Gasteiger partial charge in [0.15, 0.2) is 0 Å². The predicted molar refractivity (Wildman–Crippen MR) is 90.3 cm³/mol. The normalized spacial score (nSPS) is 13.2. The number of ether oxygens (including phenoxy) is 1. The highest BCUT2D eigenvalue weighted by Crippen LogP contribution is 2.15. The Hall–Kier alpha value is -1.05. The molecule has 0 aliphatic rings. The lowest BCUT2D eigenvalue weighted by Crippen LogP contribution is -2.26. The summed E-state index contributed by atoms with van der Waals surface area (Å²) >= 11 is 0. The van der Waals surface area contributed by atoms with Crippen molar-refractivity contribution in [1.82, 2.24) is 4.72 Å². The van der Waals surface area contributed by atoms with Gasteiger partial charge in [0.25, 0.3) is 0 Å². The maximum atomic E-state index is 13.5. The van der Waals surface area contributed by atoms with Gasteiger partial charge >= 0.3 is 0 Å². The summed E-state index contributed by atoms with van der Waals surface area (Å²) in [5, 5.41) is 0. The number of rotatable bonds is 12. The minimum atomic E-state index is -3.98. The fraction of sp³-hybridized carbons (Fsp3) is 0.647. The summed E-state index contributed by atoms with van der Waals surface area (Å²) in [6, 6.07) is 2.39. The molecule has 0 heterocycles. The van der Waals surface area contributed by atoms with Crippen LogP contribution in [0.15, 0.2) is 23.1 Å². The monoisotopic (exact) mass is 363 g/mol. The van der Waals surface area contributed by atoms with E-state index in [-0.39, 0.29) is 6.54 Å². The molecule has 0 saturated carbocycles. The zero-order valence-corrected chi connectivity index (χ0v) is 15.2. The minimum Gasteiger partial charge on any atom is -0.381 e. The molecule has 7 heteroatoms. The molecular weight excluding hydrogens is 336 g/mol. The Balaban J connectivity index is 2.31. The molecule has 138 valence electrons. The van der Waals surface area contributed by atoms with Gasteiger partial charge in [-0.25, -0.2) is 21.9 Å². The molecule has 1 N–H and O–H groups in total. The number of hydrogen-bond acceptors (Lipinski definition) is 3. The van der Waals surface area contributed by atoms with Crippen molar-refractivity contribution in [2.45, 2.75) is 50.8 Å². The first-order valence-corrected chi connectivity index (χ1v) is 9.91. The average molecular weight is 363 g/mol. The van der Waals surface area contributed by atoms with Crippen LogP contribution in [0.1, 0.15) is 46.0 Å². The molecule has 1 unspecified atom stereocenters. The Bertz CT molecular complexity index is 593. The van der Waals surface area contributed by atoms with E-state index in [4.69, 9.17) is 4.74 Å². The standard InChI is InChI=1S/C17H27F2NO3S/c1-3-5-7-14(4-2)13-23-11-6-10-20-24(21,22)17-9-8-15(18)12-16(17)19/h8-9,12,14,20H,3-7,10-11,13H2,1-2H3. The quantitative estimate of drug-likeness (QED) is 0.574. The SMILES string of the molecule is CCCCC(CC)COCCCNS(=O)(=O)c1ccc(F)cc1F. The molecule has 0 bridgehead atoms. The van der Waals surface area contributed by atoms with Crippen LogP contribution in [-0.4, -0.2) is 28.2 Å². The third kappa shape index (κ3) is 7.23. The molecule has 0 radical (unpaired) electrons. The second-order valence-electron chi connectivity index (χ2n) is 5.82. The van der Waals surface area contributed by atoms with Crippen molar-refractivity contribution in [1.29, 1.82) is 0 Å². The number of benzene rings is 1. The maximum absolute atomic E-state index is 13.5. The number of sulfonamides is 1. The second-order valence-corrected chi connectivity index (χ2v) is 7.55. The first-order valence-electron chi connectivity index (χ1n) is 8.43. The molecule has 1 atom stereocenters. The van der Waals surface area contributed by atoms with Crippen LogP contribution in [0.3, 0.4) is 0 Å². The van der Waals surface area contributed by atoms with Gasteiger partial charge in [0.2, 0.25) is 10.0 Å². The zero-order chi connectivity index (χ0) is 18.0. The Morgan fingerprint density at radius 3 is 2.58 bits per heavy atom. The molecular formula is C17H27F2NO3S. The number of hydrogen-bond donors (Lipinski definition) is 1. The summed E-state index contributed by atoms with van der Waals surface area (Å²) in [7, 11) is -3.98. The van der Waals surface area contributed by atoms with Crippen LogP contribution >= 0.6 is 0 Å². The average Bonchev–Trinajstić information content (AvgIpc) is 2.53. The lowest BCUT2D eigenvalue weighted by Gasteiger charge is -2.14. The maximum Gasteiger partial charge on any atom is 0.243 e. The van der Waals surface area contributed by atoms with Crippen LogP contribution in [-0.2, 0) is 14.8 Å². The zero-order valence-electron chi connectivity index (χ0n) is 14.4. The molecule has 0 spiro atoms. The fourth-order valence-electron chi connectivity index (χ4n) is 2.30. The number of halogens is 2. The first-order chi connectivity index (χ1) is 11.4. The molecule has 0 amide bonds. The second kappa shape index (κ2) is 10.7. The van der Waals surface area contributed by atoms with Gasteiger partial charge in [-0.05, 0) is 30.9 Å². The summed E-state index contributed by atoms with van der Waals surface area (Å²) in [6.07, 6.45) is 5.05. The van der Waals surface area contributed by atoms with Crippen molar-refractivity contribution < 1.29 is 21.9 Å². The van der Waals surface area contributed by atoms with Crippen molar-refractivity contribution in [3.63, 3.8) is 0 Å². The molecule has 0 aromatic heterocycles. The van der Waals surface area contributed by atoms with E-state index in [2.05, 4.69) is 18.6 Å². The van der Waals surface area contributed by atoms with Gasteiger partial charge < -0.3 is 4.74 Å². The third-order valence-corrected chi connectivity index (χ3v) is 5.33. The van der Waals surface area contributed by atoms with Crippen molar-refractivity contribution in [3.8, 4) is 0 Å². The van der Waals surface area contributed by atoms with Crippen LogP contribution in [0.4, 0.5) is 8.78 Å². The summed E-state index contributed by atoms with van der Waals surface area (Å²) in [5.41, 5.74) is 0. The van der Waals surface area contributed by atoms with Gasteiger partial charge in [-0.15, -0.1) is 0 Å². The van der Waals surface area contributed by atoms with E-state index < -0.39 is 26.6 Å². The third-order valence-electron chi connectivity index (χ3n) is 3.84. The van der Waals surface area contributed by atoms with Crippen molar-refractivity contribution in [2.24, 2.45) is 5.92 Å². The van der Waals surface area contributed by atoms with Crippen molar-refractivity contribution in [2.75, 3.05) is 19.8 Å². The molecule has 0 fully saturated rings. The van der Waals surface area contributed by atoms with E-state index in [9.17, 15) is 17.2 Å². The van der Waals surface area contributed by atoms with E-state index in [0.717, 1.165) is 31.4 Å². The van der Waals surface area contributed by atoms with Gasteiger partial charge in [-0.1, -0.05) is 33.1 Å². The Morgan fingerprint density at radius 2 is 1.96 bits per heavy atom. The van der Waals surface area contributed by atoms with Gasteiger partial charge in [-0.2, -0.15) is 0 Å². The van der Waals surface area contributed by atoms with Gasteiger partial charge in [0.05, 0.1) is 0 Å². The minimum absolute atomic E-state index is 0.144.